The lowest BCUT2D eigenvalue weighted by Crippen LogP contribution is -2.42. The Labute approximate surface area is 171 Å². The van der Waals surface area contributed by atoms with Gasteiger partial charge in [-0.1, -0.05) is 50.2 Å². The van der Waals surface area contributed by atoms with E-state index < -0.39 is 0 Å². The van der Waals surface area contributed by atoms with E-state index in [2.05, 4.69) is 38.1 Å². The molecule has 2 aromatic carbocycles. The number of benzene rings is 2. The van der Waals surface area contributed by atoms with Crippen molar-refractivity contribution in [3.63, 3.8) is 0 Å². The third-order valence-corrected chi connectivity index (χ3v) is 5.39. The van der Waals surface area contributed by atoms with Gasteiger partial charge in [-0.3, -0.25) is 9.79 Å². The fraction of sp³-hybridized carbons (Fsp3) is 0.333. The van der Waals surface area contributed by atoms with E-state index in [9.17, 15) is 4.79 Å². The number of carbonyl (C=O) groups is 1. The fourth-order valence-corrected chi connectivity index (χ4v) is 3.80. The number of fused-ring (bicyclic) bond motifs is 1. The number of morpholine rings is 1. The Kier molecular flexibility index (Phi) is 5.76. The summed E-state index contributed by atoms with van der Waals surface area (Å²) in [5.41, 5.74) is 4.29. The van der Waals surface area contributed by atoms with Gasteiger partial charge in [0.25, 0.3) is 0 Å². The summed E-state index contributed by atoms with van der Waals surface area (Å²) in [6, 6.07) is 16.4. The van der Waals surface area contributed by atoms with Crippen LogP contribution in [0.3, 0.4) is 0 Å². The Morgan fingerprint density at radius 3 is 2.62 bits per heavy atom. The van der Waals surface area contributed by atoms with Gasteiger partial charge in [-0.15, -0.1) is 0 Å². The molecule has 1 aliphatic heterocycles. The molecule has 0 spiro atoms. The molecule has 1 saturated heterocycles. The minimum atomic E-state index is 0.127. The summed E-state index contributed by atoms with van der Waals surface area (Å²) < 4.78 is 7.39. The SMILES string of the molecule is CC(C)c1ccccc1N=Cc1cn(CC(=O)N2CCOCC2)c2ccccc12. The minimum absolute atomic E-state index is 0.127. The van der Waals surface area contributed by atoms with Crippen molar-refractivity contribution in [2.75, 3.05) is 26.3 Å². The lowest BCUT2D eigenvalue weighted by molar-refractivity contribution is -0.135. The van der Waals surface area contributed by atoms with Gasteiger partial charge < -0.3 is 14.2 Å². The Morgan fingerprint density at radius 2 is 1.83 bits per heavy atom. The average Bonchev–Trinajstić information content (AvgIpc) is 3.10. The molecule has 5 heteroatoms. The highest BCUT2D eigenvalue weighted by atomic mass is 16.5. The Balaban J connectivity index is 1.63. The molecule has 0 radical (unpaired) electrons. The zero-order chi connectivity index (χ0) is 20.2. The third-order valence-electron chi connectivity index (χ3n) is 5.39. The van der Waals surface area contributed by atoms with Gasteiger partial charge in [0.05, 0.1) is 18.9 Å². The monoisotopic (exact) mass is 389 g/mol. The molecule has 29 heavy (non-hydrogen) atoms. The second kappa shape index (κ2) is 8.62. The van der Waals surface area contributed by atoms with E-state index in [0.29, 0.717) is 38.8 Å². The third kappa shape index (κ3) is 4.25. The summed E-state index contributed by atoms with van der Waals surface area (Å²) in [6.45, 7) is 7.25. The second-order valence-corrected chi connectivity index (χ2v) is 7.69. The standard InChI is InChI=1S/C24H27N3O2/c1-18(2)20-7-3-5-9-22(20)25-15-19-16-27(23-10-6-4-8-21(19)23)17-24(28)26-11-13-29-14-12-26/h3-10,15-16,18H,11-14,17H2,1-2H3. The molecule has 0 bridgehead atoms. The number of nitrogens with zero attached hydrogens (tertiary/aromatic N) is 3. The molecule has 150 valence electrons. The normalized spacial score (nSPS) is 14.9. The molecule has 1 fully saturated rings. The molecular formula is C24H27N3O2. The van der Waals surface area contributed by atoms with Gasteiger partial charge >= 0.3 is 0 Å². The van der Waals surface area contributed by atoms with E-state index in [4.69, 9.17) is 9.73 Å². The first-order chi connectivity index (χ1) is 14.1. The topological polar surface area (TPSA) is 46.8 Å². The van der Waals surface area contributed by atoms with Crippen LogP contribution in [-0.4, -0.2) is 47.9 Å². The molecular weight excluding hydrogens is 362 g/mol. The van der Waals surface area contributed by atoms with Crippen molar-refractivity contribution in [1.29, 1.82) is 0 Å². The van der Waals surface area contributed by atoms with Crippen molar-refractivity contribution in [2.24, 2.45) is 4.99 Å². The van der Waals surface area contributed by atoms with Crippen molar-refractivity contribution in [3.8, 4) is 0 Å². The molecule has 0 aliphatic carbocycles. The first-order valence-electron chi connectivity index (χ1n) is 10.2. The van der Waals surface area contributed by atoms with Crippen LogP contribution in [0.15, 0.2) is 59.7 Å². The van der Waals surface area contributed by atoms with Crippen LogP contribution in [0.25, 0.3) is 10.9 Å². The summed E-state index contributed by atoms with van der Waals surface area (Å²) in [7, 11) is 0. The number of carbonyl (C=O) groups excluding carboxylic acids is 1. The highest BCUT2D eigenvalue weighted by molar-refractivity contribution is 6.00. The highest BCUT2D eigenvalue weighted by Crippen LogP contribution is 2.27. The molecule has 1 aliphatic rings. The largest absolute Gasteiger partial charge is 0.378 e. The zero-order valence-electron chi connectivity index (χ0n) is 17.0. The van der Waals surface area contributed by atoms with Crippen molar-refractivity contribution in [3.05, 3.63) is 65.9 Å². The highest BCUT2D eigenvalue weighted by Gasteiger charge is 2.18. The van der Waals surface area contributed by atoms with E-state index in [1.165, 1.54) is 5.56 Å². The zero-order valence-corrected chi connectivity index (χ0v) is 17.0. The number of aliphatic imine (C=N–C) groups is 1. The van der Waals surface area contributed by atoms with Crippen LogP contribution >= 0.6 is 0 Å². The molecule has 3 aromatic rings. The first kappa shape index (κ1) is 19.4. The molecule has 0 unspecified atom stereocenters. The molecule has 1 aromatic heterocycles. The predicted octanol–water partition coefficient (Wildman–Crippen LogP) is 4.37. The van der Waals surface area contributed by atoms with E-state index >= 15 is 0 Å². The molecule has 4 rings (SSSR count). The van der Waals surface area contributed by atoms with Crippen LogP contribution in [0.2, 0.25) is 0 Å². The van der Waals surface area contributed by atoms with Gasteiger partial charge in [-0.05, 0) is 23.6 Å². The maximum atomic E-state index is 12.7. The second-order valence-electron chi connectivity index (χ2n) is 7.69. The number of ether oxygens (including phenoxy) is 1. The number of hydrogen-bond donors (Lipinski definition) is 0. The molecule has 1 amide bonds. The molecule has 2 heterocycles. The van der Waals surface area contributed by atoms with Gasteiger partial charge in [0.2, 0.25) is 5.91 Å². The Morgan fingerprint density at radius 1 is 1.10 bits per heavy atom. The summed E-state index contributed by atoms with van der Waals surface area (Å²) >= 11 is 0. The summed E-state index contributed by atoms with van der Waals surface area (Å²) in [4.78, 5) is 19.4. The number of para-hydroxylation sites is 2. The molecule has 0 saturated carbocycles. The van der Waals surface area contributed by atoms with E-state index in [0.717, 1.165) is 22.2 Å². The van der Waals surface area contributed by atoms with Gasteiger partial charge in [0.1, 0.15) is 6.54 Å². The van der Waals surface area contributed by atoms with Gasteiger partial charge in [-0.2, -0.15) is 0 Å². The lowest BCUT2D eigenvalue weighted by atomic mass is 10.0. The number of hydrogen-bond acceptors (Lipinski definition) is 3. The van der Waals surface area contributed by atoms with Gasteiger partial charge in [0, 0.05) is 42.0 Å². The summed E-state index contributed by atoms with van der Waals surface area (Å²) in [5, 5.41) is 1.10. The van der Waals surface area contributed by atoms with Crippen LogP contribution < -0.4 is 0 Å². The number of rotatable bonds is 5. The smallest absolute Gasteiger partial charge is 0.242 e. The molecule has 0 atom stereocenters. The van der Waals surface area contributed by atoms with Gasteiger partial charge in [-0.25, -0.2) is 0 Å². The van der Waals surface area contributed by atoms with Crippen molar-refractivity contribution in [2.45, 2.75) is 26.3 Å². The number of amides is 1. The van der Waals surface area contributed by atoms with Crippen molar-refractivity contribution < 1.29 is 9.53 Å². The molecule has 0 N–H and O–H groups in total. The lowest BCUT2D eigenvalue weighted by Gasteiger charge is -2.27. The van der Waals surface area contributed by atoms with E-state index in [1.54, 1.807) is 0 Å². The predicted molar refractivity (Wildman–Crippen MR) is 117 cm³/mol. The quantitative estimate of drug-likeness (QED) is 0.608. The first-order valence-corrected chi connectivity index (χ1v) is 10.2. The Hall–Kier alpha value is -2.92. The van der Waals surface area contributed by atoms with Crippen LogP contribution in [0.4, 0.5) is 5.69 Å². The van der Waals surface area contributed by atoms with Gasteiger partial charge in [0.15, 0.2) is 0 Å². The van der Waals surface area contributed by atoms with Crippen LogP contribution in [-0.2, 0) is 16.1 Å². The van der Waals surface area contributed by atoms with E-state index in [-0.39, 0.29) is 5.91 Å². The number of aromatic nitrogens is 1. The van der Waals surface area contributed by atoms with Crippen LogP contribution in [0.1, 0.15) is 30.9 Å². The fourth-order valence-electron chi connectivity index (χ4n) is 3.80. The van der Waals surface area contributed by atoms with Crippen molar-refractivity contribution >= 4 is 28.7 Å². The Bertz CT molecular complexity index is 1030. The molecule has 5 nitrogen and oxygen atoms in total. The van der Waals surface area contributed by atoms with Crippen molar-refractivity contribution in [1.82, 2.24) is 9.47 Å². The maximum absolute atomic E-state index is 12.7. The summed E-state index contributed by atoms with van der Waals surface area (Å²) in [5.74, 6) is 0.540. The van der Waals surface area contributed by atoms with Crippen LogP contribution in [0.5, 0.6) is 0 Å². The van der Waals surface area contributed by atoms with Crippen LogP contribution in [0, 0.1) is 0 Å². The minimum Gasteiger partial charge on any atom is -0.378 e. The summed E-state index contributed by atoms with van der Waals surface area (Å²) in [6.07, 6.45) is 3.95. The maximum Gasteiger partial charge on any atom is 0.242 e. The average molecular weight is 389 g/mol. The van der Waals surface area contributed by atoms with E-state index in [1.807, 2.05) is 46.1 Å².